The van der Waals surface area contributed by atoms with Gasteiger partial charge in [-0.15, -0.1) is 0 Å². The number of rotatable bonds is 10. The van der Waals surface area contributed by atoms with Gasteiger partial charge in [0.15, 0.2) is 0 Å². The molecule has 7 aromatic carbocycles. The van der Waals surface area contributed by atoms with Crippen LogP contribution in [-0.2, 0) is 96.8 Å². The molecule has 0 aliphatic carbocycles. The Morgan fingerprint density at radius 2 is 0.731 bits per heavy atom. The molecule has 4 heterocycles. The Balaban J connectivity index is 0.000000211. The van der Waals surface area contributed by atoms with Gasteiger partial charge in [-0.05, 0) is 223 Å². The maximum atomic E-state index is 12.8. The molecule has 578 valence electrons. The second kappa shape index (κ2) is 37.5. The number of hydrogen-bond donors (Lipinski definition) is 4. The number of esters is 3. The zero-order valence-electron chi connectivity index (χ0n) is 60.1. The highest BCUT2D eigenvalue weighted by Crippen LogP contribution is 2.38. The minimum absolute atomic E-state index is 0.0352. The minimum Gasteiger partial charge on any atom is -0.480 e. The quantitative estimate of drug-likeness (QED) is 0.0327. The SMILES string of the molecule is CC(C)(C)OC(=O)CBr.CC(C)(C)OC(=O)CN1C(=O)CCc2cc(-c3ccc(C(F)(F)F)cc3)ccc21.CC(C)(C)OC(=O)CN1C(=O)CCc2cc(Br)ccc21.O=C(O)CN1C(=O)CCc2cc(-c3ccc(C(F)(F)F)cc3)ccc21.O=C1CCc2cc(Br)ccc2N1.OB(O)c1ccc(C(F)(F)F)cc1. The van der Waals surface area contributed by atoms with Crippen LogP contribution >= 0.6 is 47.8 Å². The van der Waals surface area contributed by atoms with Crippen molar-refractivity contribution in [3.63, 3.8) is 0 Å². The first-order valence-electron chi connectivity index (χ1n) is 33.4. The third kappa shape index (κ3) is 27.6. The van der Waals surface area contributed by atoms with Gasteiger partial charge in [-0.2, -0.15) is 39.5 Å². The lowest BCUT2D eigenvalue weighted by molar-refractivity contribution is -0.154. The van der Waals surface area contributed by atoms with Gasteiger partial charge in [0.05, 0.1) is 16.7 Å². The molecule has 108 heavy (non-hydrogen) atoms. The average molecular weight is 1710 g/mol. The van der Waals surface area contributed by atoms with Crippen molar-refractivity contribution in [2.45, 2.75) is 149 Å². The second-order valence-corrected chi connectivity index (χ2v) is 30.1. The van der Waals surface area contributed by atoms with Crippen molar-refractivity contribution in [2.75, 3.05) is 45.0 Å². The molecule has 0 aromatic heterocycles. The molecule has 7 aromatic rings. The fourth-order valence-electron chi connectivity index (χ4n) is 10.9. The lowest BCUT2D eigenvalue weighted by Crippen LogP contribution is -2.41. The second-order valence-electron chi connectivity index (χ2n) is 27.7. The van der Waals surface area contributed by atoms with Gasteiger partial charge in [-0.1, -0.05) is 108 Å². The van der Waals surface area contributed by atoms with Crippen LogP contribution in [0.25, 0.3) is 22.3 Å². The predicted molar refractivity (Wildman–Crippen MR) is 401 cm³/mol. The van der Waals surface area contributed by atoms with Crippen LogP contribution in [-0.4, -0.2) is 112 Å². The summed E-state index contributed by atoms with van der Waals surface area (Å²) in [6.07, 6.45) is -9.13. The molecule has 4 amide bonds. The number of ether oxygens (including phenoxy) is 3. The fourth-order valence-corrected chi connectivity index (χ4v) is 11.9. The number of aryl methyl sites for hydroxylation is 4. The van der Waals surface area contributed by atoms with Crippen LogP contribution in [0.2, 0.25) is 0 Å². The van der Waals surface area contributed by atoms with Crippen LogP contribution in [0.4, 0.5) is 62.3 Å². The van der Waals surface area contributed by atoms with Gasteiger partial charge in [0.1, 0.15) is 41.8 Å². The topological polar surface area (TPSA) is 247 Å². The Labute approximate surface area is 643 Å². The first-order chi connectivity index (χ1) is 50.1. The molecule has 31 heteroatoms. The highest BCUT2D eigenvalue weighted by molar-refractivity contribution is 9.10. The molecule has 4 aliphatic heterocycles. The van der Waals surface area contributed by atoms with Gasteiger partial charge < -0.3 is 49.4 Å². The number of fused-ring (bicyclic) bond motifs is 4. The average Bonchev–Trinajstić information content (AvgIpc) is 0.785. The fraction of sp³-hybridized carbons (Fsp3) is 0.351. The van der Waals surface area contributed by atoms with E-state index in [4.69, 9.17) is 29.4 Å². The number of anilines is 4. The Bertz CT molecular complexity index is 4370. The maximum absolute atomic E-state index is 12.8. The number of halogens is 12. The van der Waals surface area contributed by atoms with Crippen molar-refractivity contribution in [1.29, 1.82) is 0 Å². The summed E-state index contributed by atoms with van der Waals surface area (Å²) in [6.45, 7) is 15.6. The molecule has 0 fully saturated rings. The maximum Gasteiger partial charge on any atom is 0.488 e. The molecule has 18 nitrogen and oxygen atoms in total. The first kappa shape index (κ1) is 88.0. The van der Waals surface area contributed by atoms with Crippen LogP contribution in [0.15, 0.2) is 155 Å². The summed E-state index contributed by atoms with van der Waals surface area (Å²) < 4.78 is 130. The highest BCUT2D eigenvalue weighted by atomic mass is 79.9. The molecule has 0 unspecified atom stereocenters. The van der Waals surface area contributed by atoms with E-state index < -0.39 is 72.0 Å². The summed E-state index contributed by atoms with van der Waals surface area (Å²) in [6, 6.07) is 35.5. The van der Waals surface area contributed by atoms with Crippen LogP contribution in [0.5, 0.6) is 0 Å². The van der Waals surface area contributed by atoms with E-state index in [9.17, 15) is 77.9 Å². The number of aliphatic carboxylic acids is 1. The van der Waals surface area contributed by atoms with Gasteiger partial charge in [-0.3, -0.25) is 38.4 Å². The van der Waals surface area contributed by atoms with E-state index in [0.717, 1.165) is 103 Å². The van der Waals surface area contributed by atoms with Gasteiger partial charge in [0.25, 0.3) is 0 Å². The Morgan fingerprint density at radius 1 is 0.417 bits per heavy atom. The molecule has 4 N–H and O–H groups in total. The Hall–Kier alpha value is -8.91. The van der Waals surface area contributed by atoms with Crippen molar-refractivity contribution in [2.24, 2.45) is 0 Å². The number of carboxylic acid groups (broad SMARTS) is 1. The van der Waals surface area contributed by atoms with E-state index in [1.165, 1.54) is 44.5 Å². The summed E-state index contributed by atoms with van der Waals surface area (Å²) in [5.74, 6) is -2.54. The van der Waals surface area contributed by atoms with Crippen LogP contribution in [0.1, 0.15) is 127 Å². The number of amides is 4. The van der Waals surface area contributed by atoms with Gasteiger partial charge in [-0.25, -0.2) is 0 Å². The minimum atomic E-state index is -4.39. The highest BCUT2D eigenvalue weighted by Gasteiger charge is 2.35. The summed E-state index contributed by atoms with van der Waals surface area (Å²) in [5.41, 5.74) is 5.88. The molecule has 4 aliphatic rings. The zero-order valence-corrected chi connectivity index (χ0v) is 64.9. The summed E-state index contributed by atoms with van der Waals surface area (Å²) >= 11 is 9.81. The third-order valence-corrected chi connectivity index (χ3v) is 17.1. The monoisotopic (exact) mass is 1700 g/mol. The van der Waals surface area contributed by atoms with Gasteiger partial charge in [0.2, 0.25) is 23.6 Å². The molecule has 0 radical (unpaired) electrons. The number of hydrogen-bond acceptors (Lipinski definition) is 13. The molecule has 0 saturated carbocycles. The number of carbonyl (C=O) groups excluding carboxylic acids is 7. The van der Waals surface area contributed by atoms with E-state index >= 15 is 0 Å². The molecule has 0 spiro atoms. The van der Waals surface area contributed by atoms with Crippen molar-refractivity contribution < 1.29 is 107 Å². The van der Waals surface area contributed by atoms with Crippen LogP contribution in [0.3, 0.4) is 0 Å². The smallest absolute Gasteiger partial charge is 0.480 e. The molecule has 11 rings (SSSR count). The molecule has 0 bridgehead atoms. The third-order valence-electron chi connectivity index (χ3n) is 15.6. The van der Waals surface area contributed by atoms with E-state index in [0.29, 0.717) is 54.6 Å². The number of nitrogens with one attached hydrogen (secondary N) is 1. The van der Waals surface area contributed by atoms with Crippen molar-refractivity contribution in [1.82, 2.24) is 0 Å². The first-order valence-corrected chi connectivity index (χ1v) is 36.1. The number of carbonyl (C=O) groups is 8. The number of carboxylic acids is 1. The van der Waals surface area contributed by atoms with E-state index in [1.54, 1.807) is 51.1 Å². The lowest BCUT2D eigenvalue weighted by atomic mass is 9.80. The molecular weight excluding hydrogens is 1630 g/mol. The largest absolute Gasteiger partial charge is 0.488 e. The van der Waals surface area contributed by atoms with E-state index in [-0.39, 0.29) is 77.9 Å². The Kier molecular flexibility index (Phi) is 30.5. The summed E-state index contributed by atoms with van der Waals surface area (Å²) in [4.78, 5) is 97.1. The number of benzene rings is 7. The molecular formula is C77H79BBr3F9N4O14. The van der Waals surface area contributed by atoms with Gasteiger partial charge in [0, 0.05) is 57.4 Å². The van der Waals surface area contributed by atoms with Crippen molar-refractivity contribution in [3.05, 3.63) is 193 Å². The Morgan fingerprint density at radius 3 is 1.07 bits per heavy atom. The molecule has 0 atom stereocenters. The zero-order chi connectivity index (χ0) is 80.6. The molecule has 0 saturated heterocycles. The predicted octanol–water partition coefficient (Wildman–Crippen LogP) is 16.2. The van der Waals surface area contributed by atoms with Crippen LogP contribution in [0, 0.1) is 0 Å². The standard InChI is InChI=1S/C22H22F3NO3.C18H14F3NO3.C15H18BrNO3.C9H8BrNO.C7H6BF3O2.C6H11BrO2/c1-21(2,3)29-20(28)13-26-18-10-6-15(12-16(18)7-11-19(26)27)14-4-8-17(9-5-14)22(23,24)25;19-18(20,21)14-5-1-11(2-6-14)12-3-7-15-13(9-12)4-8-16(23)22(15)10-17(24)25;1-15(2,3)20-14(19)9-17-12-6-5-11(16)8-10(12)4-7-13(17)18;10-7-2-3-8-6(5-7)1-4-9(12)11-8;9-7(10,11)5-1-3-6(4-2-5)8(12)13;1-6(2,3)9-5(8)4-7/h4-6,8-10,12H,7,11,13H2,1-3H3;1-3,5-7,9H,4,8,10H2,(H,24,25);5-6,8H,4,7,9H2,1-3H3;2-3,5H,1,4H2,(H,11,12);1-4,12-13H;4H2,1-3H3. The van der Waals surface area contributed by atoms with Gasteiger partial charge >= 0.3 is 49.5 Å². The number of nitrogens with zero attached hydrogens (tertiary/aromatic N) is 3. The summed E-state index contributed by atoms with van der Waals surface area (Å²) in [7, 11) is -1.73. The normalized spacial score (nSPS) is 14.0. The number of alkyl halides is 10. The van der Waals surface area contributed by atoms with E-state index in [1.807, 2.05) is 77.9 Å². The lowest BCUT2D eigenvalue weighted by Gasteiger charge is -2.30. The van der Waals surface area contributed by atoms with E-state index in [2.05, 4.69) is 59.2 Å². The van der Waals surface area contributed by atoms with Crippen molar-refractivity contribution >= 4 is 131 Å². The van der Waals surface area contributed by atoms with Crippen molar-refractivity contribution in [3.8, 4) is 22.3 Å². The summed E-state index contributed by atoms with van der Waals surface area (Å²) in [5, 5.41) is 29.2. The van der Waals surface area contributed by atoms with Crippen LogP contribution < -0.4 is 25.5 Å².